The third-order valence-corrected chi connectivity index (χ3v) is 3.93. The van der Waals surface area contributed by atoms with Crippen molar-refractivity contribution >= 4 is 0 Å². The number of hydrogen-bond acceptors (Lipinski definition) is 3. The van der Waals surface area contributed by atoms with Gasteiger partial charge in [0, 0.05) is 18.7 Å². The van der Waals surface area contributed by atoms with Crippen molar-refractivity contribution in [1.29, 1.82) is 0 Å². The molecular formula is C12H24N2O. The van der Waals surface area contributed by atoms with E-state index in [1.165, 1.54) is 19.4 Å². The smallest absolute Gasteiger partial charge is 0.0644 e. The summed E-state index contributed by atoms with van der Waals surface area (Å²) in [5.74, 6) is 0. The average Bonchev–Trinajstić information content (AvgIpc) is 2.29. The number of nitrogens with zero attached hydrogens (tertiary/aromatic N) is 1. The molecule has 2 fully saturated rings. The van der Waals surface area contributed by atoms with E-state index in [9.17, 15) is 0 Å². The minimum absolute atomic E-state index is 0.0402. The summed E-state index contributed by atoms with van der Waals surface area (Å²) in [5, 5.41) is 3.58. The van der Waals surface area contributed by atoms with Crippen molar-refractivity contribution < 1.29 is 4.74 Å². The first-order valence-corrected chi connectivity index (χ1v) is 6.10. The van der Waals surface area contributed by atoms with Crippen molar-refractivity contribution in [2.75, 3.05) is 33.3 Å². The SMILES string of the molecule is CN1CCCNCC12CCOC(C)(C)C2. The Hall–Kier alpha value is -0.120. The van der Waals surface area contributed by atoms with E-state index in [1.54, 1.807) is 0 Å². The molecule has 1 N–H and O–H groups in total. The number of ether oxygens (including phenoxy) is 1. The summed E-state index contributed by atoms with van der Waals surface area (Å²) in [6, 6.07) is 0. The largest absolute Gasteiger partial charge is 0.375 e. The summed E-state index contributed by atoms with van der Waals surface area (Å²) in [6.07, 6.45) is 3.57. The zero-order valence-corrected chi connectivity index (χ0v) is 10.3. The molecule has 3 heteroatoms. The van der Waals surface area contributed by atoms with Crippen LogP contribution in [0.5, 0.6) is 0 Å². The third kappa shape index (κ3) is 2.35. The second-order valence-corrected chi connectivity index (χ2v) is 5.71. The van der Waals surface area contributed by atoms with Gasteiger partial charge in [-0.05, 0) is 53.2 Å². The first-order valence-electron chi connectivity index (χ1n) is 6.10. The van der Waals surface area contributed by atoms with Gasteiger partial charge in [-0.25, -0.2) is 0 Å². The fraction of sp³-hybridized carbons (Fsp3) is 1.00. The van der Waals surface area contributed by atoms with Gasteiger partial charge in [0.15, 0.2) is 0 Å². The highest BCUT2D eigenvalue weighted by atomic mass is 16.5. The minimum atomic E-state index is 0.0402. The molecule has 0 aromatic heterocycles. The van der Waals surface area contributed by atoms with Crippen LogP contribution in [0.4, 0.5) is 0 Å². The highest BCUT2D eigenvalue weighted by Gasteiger charge is 2.43. The van der Waals surface area contributed by atoms with E-state index in [4.69, 9.17) is 4.74 Å². The highest BCUT2D eigenvalue weighted by Crippen LogP contribution is 2.36. The zero-order chi connectivity index (χ0) is 10.9. The van der Waals surface area contributed by atoms with Gasteiger partial charge in [0.2, 0.25) is 0 Å². The summed E-state index contributed by atoms with van der Waals surface area (Å²) in [7, 11) is 2.27. The summed E-state index contributed by atoms with van der Waals surface area (Å²) in [5.41, 5.74) is 0.372. The molecule has 0 aromatic carbocycles. The van der Waals surface area contributed by atoms with Crippen LogP contribution in [-0.4, -0.2) is 49.3 Å². The Morgan fingerprint density at radius 3 is 2.87 bits per heavy atom. The molecule has 0 aliphatic carbocycles. The second kappa shape index (κ2) is 4.04. The quantitative estimate of drug-likeness (QED) is 0.654. The molecule has 15 heavy (non-hydrogen) atoms. The molecule has 2 saturated heterocycles. The topological polar surface area (TPSA) is 24.5 Å². The molecule has 3 nitrogen and oxygen atoms in total. The van der Waals surface area contributed by atoms with E-state index in [0.717, 1.165) is 26.1 Å². The Balaban J connectivity index is 2.14. The predicted octanol–water partition coefficient (Wildman–Crippen LogP) is 1.24. The predicted molar refractivity (Wildman–Crippen MR) is 62.1 cm³/mol. The van der Waals surface area contributed by atoms with Gasteiger partial charge in [-0.3, -0.25) is 4.90 Å². The Bertz CT molecular complexity index is 230. The molecule has 0 aromatic rings. The maximum Gasteiger partial charge on any atom is 0.0644 e. The maximum absolute atomic E-state index is 5.83. The van der Waals surface area contributed by atoms with Crippen LogP contribution < -0.4 is 5.32 Å². The lowest BCUT2D eigenvalue weighted by Gasteiger charge is -2.49. The number of hydrogen-bond donors (Lipinski definition) is 1. The number of likely N-dealkylation sites (N-methyl/N-ethyl adjacent to an activating group) is 1. The maximum atomic E-state index is 5.83. The van der Waals surface area contributed by atoms with Crippen LogP contribution in [0, 0.1) is 0 Å². The molecule has 2 heterocycles. The summed E-state index contributed by atoms with van der Waals surface area (Å²) < 4.78 is 5.83. The lowest BCUT2D eigenvalue weighted by Crippen LogP contribution is -2.58. The minimum Gasteiger partial charge on any atom is -0.375 e. The Morgan fingerprint density at radius 2 is 2.13 bits per heavy atom. The van der Waals surface area contributed by atoms with Gasteiger partial charge in [-0.15, -0.1) is 0 Å². The normalized spacial score (nSPS) is 37.8. The van der Waals surface area contributed by atoms with Crippen LogP contribution in [0.1, 0.15) is 33.1 Å². The molecule has 0 bridgehead atoms. The molecule has 2 rings (SSSR count). The Morgan fingerprint density at radius 1 is 1.33 bits per heavy atom. The monoisotopic (exact) mass is 212 g/mol. The molecule has 1 unspecified atom stereocenters. The summed E-state index contributed by atoms with van der Waals surface area (Å²) in [4.78, 5) is 2.55. The molecule has 88 valence electrons. The van der Waals surface area contributed by atoms with E-state index in [0.29, 0.717) is 5.54 Å². The lowest BCUT2D eigenvalue weighted by molar-refractivity contribution is -0.112. The zero-order valence-electron chi connectivity index (χ0n) is 10.3. The molecule has 0 amide bonds. The number of rotatable bonds is 0. The molecule has 2 aliphatic heterocycles. The first kappa shape index (κ1) is 11.4. The van der Waals surface area contributed by atoms with E-state index >= 15 is 0 Å². The van der Waals surface area contributed by atoms with Gasteiger partial charge in [-0.2, -0.15) is 0 Å². The van der Waals surface area contributed by atoms with Crippen molar-refractivity contribution in [3.8, 4) is 0 Å². The standard InChI is InChI=1S/C12H24N2O/c1-11(2)9-12(5-8-15-11)10-13-6-4-7-14(12)3/h13H,4-10H2,1-3H3. The van der Waals surface area contributed by atoms with Gasteiger partial charge in [-0.1, -0.05) is 0 Å². The van der Waals surface area contributed by atoms with E-state index in [1.807, 2.05) is 0 Å². The van der Waals surface area contributed by atoms with Crippen LogP contribution in [0.15, 0.2) is 0 Å². The van der Waals surface area contributed by atoms with Crippen molar-refractivity contribution in [2.24, 2.45) is 0 Å². The second-order valence-electron chi connectivity index (χ2n) is 5.71. The van der Waals surface area contributed by atoms with Gasteiger partial charge >= 0.3 is 0 Å². The van der Waals surface area contributed by atoms with Gasteiger partial charge in [0.05, 0.1) is 5.60 Å². The van der Waals surface area contributed by atoms with Crippen LogP contribution in [0.3, 0.4) is 0 Å². The van der Waals surface area contributed by atoms with E-state index in [-0.39, 0.29) is 5.60 Å². The molecule has 0 radical (unpaired) electrons. The first-order chi connectivity index (χ1) is 7.04. The summed E-state index contributed by atoms with van der Waals surface area (Å²) >= 11 is 0. The third-order valence-electron chi connectivity index (χ3n) is 3.93. The molecular weight excluding hydrogens is 188 g/mol. The molecule has 0 saturated carbocycles. The van der Waals surface area contributed by atoms with Gasteiger partial charge < -0.3 is 10.1 Å². The molecule has 1 spiro atoms. The van der Waals surface area contributed by atoms with Crippen molar-refractivity contribution in [3.63, 3.8) is 0 Å². The fourth-order valence-corrected chi connectivity index (χ4v) is 3.06. The molecule has 1 atom stereocenters. The van der Waals surface area contributed by atoms with Crippen molar-refractivity contribution in [1.82, 2.24) is 10.2 Å². The van der Waals surface area contributed by atoms with Crippen LogP contribution >= 0.6 is 0 Å². The highest BCUT2D eigenvalue weighted by molar-refractivity contribution is 5.00. The van der Waals surface area contributed by atoms with E-state index in [2.05, 4.69) is 31.1 Å². The van der Waals surface area contributed by atoms with Gasteiger partial charge in [0.25, 0.3) is 0 Å². The van der Waals surface area contributed by atoms with Crippen LogP contribution in [0.25, 0.3) is 0 Å². The average molecular weight is 212 g/mol. The van der Waals surface area contributed by atoms with Gasteiger partial charge in [0.1, 0.15) is 0 Å². The lowest BCUT2D eigenvalue weighted by atomic mass is 9.80. The van der Waals surface area contributed by atoms with Crippen LogP contribution in [-0.2, 0) is 4.74 Å². The van der Waals surface area contributed by atoms with E-state index < -0.39 is 0 Å². The van der Waals surface area contributed by atoms with Crippen molar-refractivity contribution in [2.45, 2.75) is 44.2 Å². The summed E-state index contributed by atoms with van der Waals surface area (Å²) in [6.45, 7) is 8.82. The molecule has 2 aliphatic rings. The Kier molecular flexibility index (Phi) is 3.06. The fourth-order valence-electron chi connectivity index (χ4n) is 3.06. The number of nitrogens with one attached hydrogen (secondary N) is 1. The van der Waals surface area contributed by atoms with Crippen molar-refractivity contribution in [3.05, 3.63) is 0 Å². The van der Waals surface area contributed by atoms with Crippen LogP contribution in [0.2, 0.25) is 0 Å². The Labute approximate surface area is 93.2 Å².